The number of nitrogens with zero attached hydrogens (tertiary/aromatic N) is 1. The van der Waals surface area contributed by atoms with Gasteiger partial charge >= 0.3 is 24.0 Å². The Kier molecular flexibility index (Phi) is 18.5. The molecule has 0 spiro atoms. The van der Waals surface area contributed by atoms with Crippen molar-refractivity contribution in [2.75, 3.05) is 13.2 Å². The molecular weight excluding hydrogens is 762 g/mol. The molecule has 5 amide bonds. The summed E-state index contributed by atoms with van der Waals surface area (Å²) in [5.41, 5.74) is 1.04. The summed E-state index contributed by atoms with van der Waals surface area (Å²) >= 11 is 0. The van der Waals surface area contributed by atoms with Crippen molar-refractivity contribution in [2.45, 2.75) is 143 Å². The van der Waals surface area contributed by atoms with Gasteiger partial charge in [0, 0.05) is 6.42 Å². The molecule has 1 aliphatic rings. The maximum Gasteiger partial charge on any atom is 0.408 e. The summed E-state index contributed by atoms with van der Waals surface area (Å²) in [4.78, 5) is 105. The predicted molar refractivity (Wildman–Crippen MR) is 205 cm³/mol. The van der Waals surface area contributed by atoms with E-state index in [1.165, 1.54) is 0 Å². The van der Waals surface area contributed by atoms with E-state index in [1.54, 1.807) is 92.6 Å². The molecule has 1 aromatic carbocycles. The van der Waals surface area contributed by atoms with Crippen LogP contribution in [0, 0.1) is 5.92 Å². The number of hydrogen-bond donors (Lipinski definition) is 5. The Morgan fingerprint density at radius 1 is 0.776 bits per heavy atom. The van der Waals surface area contributed by atoms with E-state index in [4.69, 9.17) is 23.7 Å². The molecule has 2 rings (SSSR count). The first-order valence-electron chi connectivity index (χ1n) is 19.0. The van der Waals surface area contributed by atoms with E-state index in [0.29, 0.717) is 10.6 Å². The number of esters is 3. The molecule has 58 heavy (non-hydrogen) atoms. The van der Waals surface area contributed by atoms with Gasteiger partial charge in [-0.25, -0.2) is 14.6 Å². The van der Waals surface area contributed by atoms with Crippen molar-refractivity contribution in [1.82, 2.24) is 26.4 Å². The Bertz CT molecular complexity index is 1610. The zero-order valence-electron chi connectivity index (χ0n) is 34.9. The third kappa shape index (κ3) is 17.9. The van der Waals surface area contributed by atoms with Crippen molar-refractivity contribution in [3.05, 3.63) is 35.9 Å². The van der Waals surface area contributed by atoms with E-state index in [1.807, 2.05) is 0 Å². The second-order valence-electron chi connectivity index (χ2n) is 16.0. The Morgan fingerprint density at radius 3 is 1.91 bits per heavy atom. The van der Waals surface area contributed by atoms with E-state index < -0.39 is 102 Å². The lowest BCUT2D eigenvalue weighted by molar-refractivity contribution is -0.162. The quantitative estimate of drug-likeness (QED) is 0.0571. The monoisotopic (exact) mass is 821 g/mol. The third-order valence-electron chi connectivity index (χ3n) is 7.75. The second kappa shape index (κ2) is 22.0. The fourth-order valence-corrected chi connectivity index (χ4v) is 5.20. The molecular formula is C39H59N5O14. The maximum absolute atomic E-state index is 13.9. The molecule has 6 atom stereocenters. The highest BCUT2D eigenvalue weighted by Crippen LogP contribution is 2.25. The first-order valence-corrected chi connectivity index (χ1v) is 19.0. The molecule has 19 nitrogen and oxygen atoms in total. The van der Waals surface area contributed by atoms with Crippen LogP contribution < -0.4 is 21.4 Å². The summed E-state index contributed by atoms with van der Waals surface area (Å²) in [5.74, 6) is -6.69. The van der Waals surface area contributed by atoms with Gasteiger partial charge in [0.1, 0.15) is 42.5 Å². The van der Waals surface area contributed by atoms with Crippen LogP contribution in [0.5, 0.6) is 0 Å². The highest BCUT2D eigenvalue weighted by molar-refractivity contribution is 5.97. The number of benzene rings is 1. The predicted octanol–water partition coefficient (Wildman–Crippen LogP) is 1.33. The average molecular weight is 822 g/mol. The molecule has 1 fully saturated rings. The van der Waals surface area contributed by atoms with Gasteiger partial charge in [0.05, 0.1) is 12.7 Å². The minimum atomic E-state index is -1.82. The summed E-state index contributed by atoms with van der Waals surface area (Å²) in [6.07, 6.45) is -5.85. The number of hydrazine groups is 1. The first kappa shape index (κ1) is 48.8. The van der Waals surface area contributed by atoms with Crippen LogP contribution in [-0.4, -0.2) is 119 Å². The van der Waals surface area contributed by atoms with E-state index in [0.717, 1.165) is 6.92 Å². The number of carbonyl (C=O) groups is 8. The molecule has 0 saturated carbocycles. The molecule has 0 aromatic heterocycles. The van der Waals surface area contributed by atoms with Crippen LogP contribution in [0.2, 0.25) is 0 Å². The topological polar surface area (TPSA) is 258 Å². The number of rotatable bonds is 19. The molecule has 0 bridgehead atoms. The van der Waals surface area contributed by atoms with Gasteiger partial charge in [-0.3, -0.25) is 34.2 Å². The number of ether oxygens (including phenoxy) is 5. The minimum absolute atomic E-state index is 0.00312. The lowest BCUT2D eigenvalue weighted by Gasteiger charge is -2.29. The van der Waals surface area contributed by atoms with Gasteiger partial charge in [0.25, 0.3) is 11.8 Å². The summed E-state index contributed by atoms with van der Waals surface area (Å²) in [6, 6.07) is 4.28. The summed E-state index contributed by atoms with van der Waals surface area (Å²) in [5, 5.41) is 18.6. The van der Waals surface area contributed by atoms with Crippen LogP contribution in [0.25, 0.3) is 0 Å². The van der Waals surface area contributed by atoms with Gasteiger partial charge < -0.3 is 44.7 Å². The van der Waals surface area contributed by atoms with Crippen LogP contribution in [0.15, 0.2) is 30.3 Å². The Hall–Kier alpha value is -5.30. The van der Waals surface area contributed by atoms with Crippen molar-refractivity contribution in [3.63, 3.8) is 0 Å². The van der Waals surface area contributed by atoms with Crippen molar-refractivity contribution < 1.29 is 67.1 Å². The largest absolute Gasteiger partial charge is 0.464 e. The number of carbonyl (C=O) groups excluding carboxylic acids is 8. The number of hydrogen-bond acceptors (Lipinski definition) is 14. The van der Waals surface area contributed by atoms with Crippen molar-refractivity contribution in [3.8, 4) is 0 Å². The lowest BCUT2D eigenvalue weighted by Crippen LogP contribution is -2.62. The fourth-order valence-electron chi connectivity index (χ4n) is 5.20. The van der Waals surface area contributed by atoms with Crippen LogP contribution in [0.3, 0.4) is 0 Å². The molecule has 0 aliphatic carbocycles. The van der Waals surface area contributed by atoms with E-state index in [2.05, 4.69) is 21.4 Å². The van der Waals surface area contributed by atoms with Crippen molar-refractivity contribution >= 4 is 47.6 Å². The van der Waals surface area contributed by atoms with Crippen LogP contribution in [0.1, 0.15) is 94.1 Å². The highest BCUT2D eigenvalue weighted by atomic mass is 16.6. The molecule has 1 aromatic rings. The number of nitrogens with one attached hydrogen (secondary N) is 4. The van der Waals surface area contributed by atoms with E-state index in [-0.39, 0.29) is 38.4 Å². The summed E-state index contributed by atoms with van der Waals surface area (Å²) in [7, 11) is 0. The number of amides is 5. The van der Waals surface area contributed by atoms with Gasteiger partial charge in [-0.1, -0.05) is 44.2 Å². The molecule has 0 unspecified atom stereocenters. The van der Waals surface area contributed by atoms with Crippen molar-refractivity contribution in [2.24, 2.45) is 5.92 Å². The average Bonchev–Trinajstić information content (AvgIpc) is 3.90. The van der Waals surface area contributed by atoms with Gasteiger partial charge in [-0.15, -0.1) is 0 Å². The fraction of sp³-hybridized carbons (Fsp3) is 0.641. The number of aliphatic hydroxyl groups excluding tert-OH is 1. The minimum Gasteiger partial charge on any atom is -0.464 e. The number of alkyl carbamates (subject to hydrolysis) is 1. The third-order valence-corrected chi connectivity index (χ3v) is 7.75. The van der Waals surface area contributed by atoms with Gasteiger partial charge in [-0.05, 0) is 79.7 Å². The van der Waals surface area contributed by atoms with E-state index >= 15 is 0 Å². The SMILES string of the molecule is CCOC(=O)[C@H]1O[C@@H]1C(=O)N(CC(=O)OC(C)(C)C)NC(=O)[C@@H](NC(=O)[C@H](CCC(=O)OC(C)(C)C)NC(=O)[C@H](CC(C)C)NC(=O)OCc1ccccc1)[C@@H](C)O. The summed E-state index contributed by atoms with van der Waals surface area (Å²) < 4.78 is 26.0. The molecule has 324 valence electrons. The zero-order valence-corrected chi connectivity index (χ0v) is 34.9. The molecule has 0 radical (unpaired) electrons. The second-order valence-corrected chi connectivity index (χ2v) is 16.0. The Labute approximate surface area is 338 Å². The Balaban J connectivity index is 2.33. The van der Waals surface area contributed by atoms with Crippen LogP contribution >= 0.6 is 0 Å². The van der Waals surface area contributed by atoms with Gasteiger partial charge in [-0.2, -0.15) is 0 Å². The van der Waals surface area contributed by atoms with Gasteiger partial charge in [0.2, 0.25) is 11.8 Å². The van der Waals surface area contributed by atoms with E-state index in [9.17, 15) is 43.5 Å². The lowest BCUT2D eigenvalue weighted by atomic mass is 10.0. The maximum atomic E-state index is 13.9. The molecule has 5 N–H and O–H groups in total. The molecule has 1 aliphatic heterocycles. The smallest absolute Gasteiger partial charge is 0.408 e. The van der Waals surface area contributed by atoms with Gasteiger partial charge in [0.15, 0.2) is 12.2 Å². The zero-order chi connectivity index (χ0) is 44.0. The first-order chi connectivity index (χ1) is 26.9. The van der Waals surface area contributed by atoms with Crippen LogP contribution in [0.4, 0.5) is 4.79 Å². The standard InChI is InChI=1S/C39H59N5O14/c1-11-54-36(52)31-30(56-31)35(51)44(20-28(47)58-39(8,9)10)43-34(50)29(23(4)45)42-32(48)25(17-18-27(46)57-38(5,6)7)40-33(49)26(19-22(2)3)41-37(53)55-21-24-15-13-12-14-16-24/h12-16,22-23,25-26,29-31,45H,11,17-21H2,1-10H3,(H,40,49)(H,41,53)(H,42,48)(H,43,50)/t23-,25+,26+,29+,30+,31+/m1/s1. The normalized spacial score (nSPS) is 17.0. The summed E-state index contributed by atoms with van der Waals surface area (Å²) in [6.45, 7) is 15.0. The molecule has 1 saturated heterocycles. The highest BCUT2D eigenvalue weighted by Gasteiger charge is 2.54. The number of epoxide rings is 1. The Morgan fingerprint density at radius 2 is 1.36 bits per heavy atom. The number of aliphatic hydroxyl groups is 1. The molecule has 1 heterocycles. The molecule has 19 heteroatoms. The van der Waals surface area contributed by atoms with Crippen LogP contribution in [-0.2, 0) is 63.9 Å². The van der Waals surface area contributed by atoms with Crippen molar-refractivity contribution in [1.29, 1.82) is 0 Å².